The zero-order chi connectivity index (χ0) is 10.8. The van der Waals surface area contributed by atoms with Gasteiger partial charge in [-0.1, -0.05) is 0 Å². The summed E-state index contributed by atoms with van der Waals surface area (Å²) in [5.41, 5.74) is 5.66. The molecular weight excluding hydrogens is 200 g/mol. The molecule has 3 N–H and O–H groups in total. The van der Waals surface area contributed by atoms with Crippen molar-refractivity contribution in [1.29, 1.82) is 0 Å². The highest BCUT2D eigenvalue weighted by molar-refractivity contribution is 7.98. The molecule has 5 heteroatoms. The number of rotatable bonds is 8. The van der Waals surface area contributed by atoms with Crippen LogP contribution in [0.5, 0.6) is 0 Å². The van der Waals surface area contributed by atoms with Crippen LogP contribution in [-0.4, -0.2) is 44.2 Å². The minimum Gasteiger partial charge on any atom is -0.385 e. The van der Waals surface area contributed by atoms with Crippen LogP contribution in [0.25, 0.3) is 0 Å². The topological polar surface area (TPSA) is 64.3 Å². The Hall–Kier alpha value is -0.260. The number of hydrogen-bond acceptors (Lipinski definition) is 4. The molecule has 0 fully saturated rings. The standard InChI is InChI=1S/C9H20N2O2S/c1-13-6-3-5-11-9(12)8(10)4-7-14-2/h8H,3-7,10H2,1-2H3,(H,11,12)/t8-/m1/s1. The van der Waals surface area contributed by atoms with Crippen LogP contribution in [0.1, 0.15) is 12.8 Å². The number of amides is 1. The largest absolute Gasteiger partial charge is 0.385 e. The molecule has 0 aromatic heterocycles. The third kappa shape index (κ3) is 7.17. The molecule has 14 heavy (non-hydrogen) atoms. The van der Waals surface area contributed by atoms with Gasteiger partial charge in [-0.05, 0) is 24.9 Å². The highest BCUT2D eigenvalue weighted by atomic mass is 32.2. The fourth-order valence-electron chi connectivity index (χ4n) is 0.935. The van der Waals surface area contributed by atoms with Crippen LogP contribution in [0.2, 0.25) is 0 Å². The van der Waals surface area contributed by atoms with Crippen LogP contribution >= 0.6 is 11.8 Å². The van der Waals surface area contributed by atoms with Gasteiger partial charge in [-0.15, -0.1) is 0 Å². The first-order chi connectivity index (χ1) is 6.72. The molecule has 0 aromatic carbocycles. The Bertz CT molecular complexity index is 156. The first kappa shape index (κ1) is 13.7. The van der Waals surface area contributed by atoms with E-state index >= 15 is 0 Å². The Morgan fingerprint density at radius 3 is 2.93 bits per heavy atom. The summed E-state index contributed by atoms with van der Waals surface area (Å²) in [6, 6.07) is -0.370. The first-order valence-corrected chi connectivity index (χ1v) is 6.13. The monoisotopic (exact) mass is 220 g/mol. The van der Waals surface area contributed by atoms with Crippen LogP contribution in [0.15, 0.2) is 0 Å². The van der Waals surface area contributed by atoms with Crippen molar-refractivity contribution in [2.24, 2.45) is 5.73 Å². The van der Waals surface area contributed by atoms with Crippen molar-refractivity contribution in [1.82, 2.24) is 5.32 Å². The maximum atomic E-state index is 11.3. The van der Waals surface area contributed by atoms with Gasteiger partial charge in [0.05, 0.1) is 6.04 Å². The number of carbonyl (C=O) groups excluding carboxylic acids is 1. The molecule has 0 saturated carbocycles. The van der Waals surface area contributed by atoms with E-state index in [9.17, 15) is 4.79 Å². The number of hydrogen-bond donors (Lipinski definition) is 2. The van der Waals surface area contributed by atoms with Gasteiger partial charge in [0.1, 0.15) is 0 Å². The van der Waals surface area contributed by atoms with Gasteiger partial charge in [0.15, 0.2) is 0 Å². The molecule has 0 aliphatic rings. The summed E-state index contributed by atoms with van der Waals surface area (Å²) in [7, 11) is 1.64. The second-order valence-corrected chi connectivity index (χ2v) is 4.01. The van der Waals surface area contributed by atoms with Gasteiger partial charge < -0.3 is 15.8 Å². The minimum absolute atomic E-state index is 0.0600. The van der Waals surface area contributed by atoms with Crippen LogP contribution in [0.3, 0.4) is 0 Å². The molecule has 0 aromatic rings. The van der Waals surface area contributed by atoms with Crippen molar-refractivity contribution in [3.63, 3.8) is 0 Å². The third-order valence-electron chi connectivity index (χ3n) is 1.79. The van der Waals surface area contributed by atoms with Crippen molar-refractivity contribution >= 4 is 17.7 Å². The fourth-order valence-corrected chi connectivity index (χ4v) is 1.42. The first-order valence-electron chi connectivity index (χ1n) is 4.73. The Morgan fingerprint density at radius 1 is 1.64 bits per heavy atom. The number of carbonyl (C=O) groups is 1. The lowest BCUT2D eigenvalue weighted by molar-refractivity contribution is -0.122. The Morgan fingerprint density at radius 2 is 2.36 bits per heavy atom. The third-order valence-corrected chi connectivity index (χ3v) is 2.44. The maximum Gasteiger partial charge on any atom is 0.236 e. The summed E-state index contributed by atoms with van der Waals surface area (Å²) in [5.74, 6) is 0.863. The van der Waals surface area contributed by atoms with E-state index in [4.69, 9.17) is 10.5 Å². The molecule has 0 radical (unpaired) electrons. The molecule has 1 amide bonds. The molecule has 0 unspecified atom stereocenters. The average Bonchev–Trinajstić information content (AvgIpc) is 2.20. The number of methoxy groups -OCH3 is 1. The fraction of sp³-hybridized carbons (Fsp3) is 0.889. The molecule has 1 atom stereocenters. The summed E-state index contributed by atoms with van der Waals surface area (Å²) >= 11 is 1.70. The van der Waals surface area contributed by atoms with Crippen LogP contribution in [0.4, 0.5) is 0 Å². The quantitative estimate of drug-likeness (QED) is 0.574. The number of thioether (sulfide) groups is 1. The van der Waals surface area contributed by atoms with E-state index in [-0.39, 0.29) is 11.9 Å². The van der Waals surface area contributed by atoms with E-state index in [1.54, 1.807) is 18.9 Å². The molecule has 0 aliphatic carbocycles. The molecule has 84 valence electrons. The van der Waals surface area contributed by atoms with Gasteiger partial charge in [0, 0.05) is 20.3 Å². The predicted octanol–water partition coefficient (Wildman–Crippen LogP) is 0.220. The van der Waals surface area contributed by atoms with E-state index in [1.165, 1.54) is 0 Å². The zero-order valence-electron chi connectivity index (χ0n) is 8.91. The smallest absolute Gasteiger partial charge is 0.236 e. The molecule has 0 saturated heterocycles. The van der Waals surface area contributed by atoms with E-state index < -0.39 is 0 Å². The van der Waals surface area contributed by atoms with E-state index in [0.717, 1.165) is 18.6 Å². The number of nitrogens with one attached hydrogen (secondary N) is 1. The molecular formula is C9H20N2O2S. The summed E-state index contributed by atoms with van der Waals surface area (Å²) in [6.07, 6.45) is 3.57. The van der Waals surface area contributed by atoms with Crippen molar-refractivity contribution < 1.29 is 9.53 Å². The molecule has 0 aliphatic heterocycles. The van der Waals surface area contributed by atoms with Gasteiger partial charge in [-0.3, -0.25) is 4.79 Å². The minimum atomic E-state index is -0.370. The normalized spacial score (nSPS) is 12.5. The molecule has 0 spiro atoms. The second kappa shape index (κ2) is 9.30. The molecule has 0 rings (SSSR count). The summed E-state index contributed by atoms with van der Waals surface area (Å²) in [5, 5.41) is 2.77. The SMILES string of the molecule is COCCCNC(=O)[C@H](N)CCSC. The lowest BCUT2D eigenvalue weighted by atomic mass is 10.2. The van der Waals surface area contributed by atoms with Crippen molar-refractivity contribution in [3.8, 4) is 0 Å². The number of ether oxygens (including phenoxy) is 1. The average molecular weight is 220 g/mol. The maximum absolute atomic E-state index is 11.3. The Balaban J connectivity index is 3.42. The van der Waals surface area contributed by atoms with Crippen molar-refractivity contribution in [2.75, 3.05) is 32.3 Å². The lowest BCUT2D eigenvalue weighted by Crippen LogP contribution is -2.41. The van der Waals surface area contributed by atoms with Crippen molar-refractivity contribution in [2.45, 2.75) is 18.9 Å². The highest BCUT2D eigenvalue weighted by Crippen LogP contribution is 1.98. The van der Waals surface area contributed by atoms with Gasteiger partial charge in [0.2, 0.25) is 5.91 Å². The summed E-state index contributed by atoms with van der Waals surface area (Å²) in [6.45, 7) is 1.31. The van der Waals surface area contributed by atoms with Gasteiger partial charge in [-0.25, -0.2) is 0 Å². The zero-order valence-corrected chi connectivity index (χ0v) is 9.73. The number of nitrogens with two attached hydrogens (primary N) is 1. The molecule has 4 nitrogen and oxygen atoms in total. The van der Waals surface area contributed by atoms with E-state index in [0.29, 0.717) is 13.2 Å². The Labute approximate surface area is 89.9 Å². The van der Waals surface area contributed by atoms with Crippen molar-refractivity contribution in [3.05, 3.63) is 0 Å². The van der Waals surface area contributed by atoms with Crippen LogP contribution in [0, 0.1) is 0 Å². The van der Waals surface area contributed by atoms with Gasteiger partial charge in [0.25, 0.3) is 0 Å². The molecule has 0 heterocycles. The Kier molecular flexibility index (Phi) is 9.13. The lowest BCUT2D eigenvalue weighted by Gasteiger charge is -2.11. The predicted molar refractivity (Wildman–Crippen MR) is 60.5 cm³/mol. The summed E-state index contributed by atoms with van der Waals surface area (Å²) < 4.78 is 4.86. The van der Waals surface area contributed by atoms with Crippen LogP contribution in [-0.2, 0) is 9.53 Å². The highest BCUT2D eigenvalue weighted by Gasteiger charge is 2.11. The van der Waals surface area contributed by atoms with Gasteiger partial charge >= 0.3 is 0 Å². The summed E-state index contributed by atoms with van der Waals surface area (Å²) in [4.78, 5) is 11.3. The molecule has 0 bridgehead atoms. The van der Waals surface area contributed by atoms with Crippen LogP contribution < -0.4 is 11.1 Å². The van der Waals surface area contributed by atoms with E-state index in [1.807, 2.05) is 6.26 Å². The second-order valence-electron chi connectivity index (χ2n) is 3.03. The van der Waals surface area contributed by atoms with E-state index in [2.05, 4.69) is 5.32 Å². The van der Waals surface area contributed by atoms with Gasteiger partial charge in [-0.2, -0.15) is 11.8 Å².